The molecule has 4 rings (SSSR count). The summed E-state index contributed by atoms with van der Waals surface area (Å²) in [5.41, 5.74) is 6.72. The maximum Gasteiger partial charge on any atom is 0.0465 e. The number of hydrogen-bond acceptors (Lipinski definition) is 1. The smallest absolute Gasteiger partial charge is 0.0465 e. The molecule has 2 atom stereocenters. The van der Waals surface area contributed by atoms with E-state index in [4.69, 9.17) is 28.2 Å². The Labute approximate surface area is 154 Å². The number of fused-ring (bicyclic) bond motifs is 1. The van der Waals surface area contributed by atoms with E-state index < -0.39 is 0 Å². The van der Waals surface area contributed by atoms with E-state index in [1.807, 2.05) is 12.1 Å². The monoisotopic (exact) mass is 359 g/mol. The lowest BCUT2D eigenvalue weighted by Crippen LogP contribution is -2.03. The van der Waals surface area contributed by atoms with E-state index in [-0.39, 0.29) is 7.43 Å². The van der Waals surface area contributed by atoms with Crippen molar-refractivity contribution in [2.24, 2.45) is 4.99 Å². The number of halogens is 2. The minimum atomic E-state index is 0. The lowest BCUT2D eigenvalue weighted by atomic mass is 9.93. The van der Waals surface area contributed by atoms with E-state index in [1.54, 1.807) is 6.07 Å². The highest BCUT2D eigenvalue weighted by Crippen LogP contribution is 2.35. The van der Waals surface area contributed by atoms with E-state index in [9.17, 15) is 0 Å². The summed E-state index contributed by atoms with van der Waals surface area (Å²) < 4.78 is 0. The van der Waals surface area contributed by atoms with E-state index in [1.165, 1.54) is 40.8 Å². The molecule has 1 aliphatic heterocycles. The van der Waals surface area contributed by atoms with E-state index in [2.05, 4.69) is 25.1 Å². The van der Waals surface area contributed by atoms with Gasteiger partial charge in [-0.1, -0.05) is 49.7 Å². The fourth-order valence-corrected chi connectivity index (χ4v) is 4.38. The van der Waals surface area contributed by atoms with Gasteiger partial charge in [0.15, 0.2) is 0 Å². The van der Waals surface area contributed by atoms with Gasteiger partial charge in [-0.05, 0) is 71.7 Å². The minimum absolute atomic E-state index is 0. The average Bonchev–Trinajstić information content (AvgIpc) is 3.14. The van der Waals surface area contributed by atoms with Gasteiger partial charge in [0.2, 0.25) is 0 Å². The number of rotatable bonds is 2. The highest BCUT2D eigenvalue weighted by atomic mass is 35.5. The van der Waals surface area contributed by atoms with Crippen molar-refractivity contribution in [3.8, 4) is 0 Å². The third-order valence-corrected chi connectivity index (χ3v) is 5.59. The lowest BCUT2D eigenvalue weighted by Gasteiger charge is -2.11. The number of hydrogen-bond donors (Lipinski definition) is 0. The average molecular weight is 360 g/mol. The highest BCUT2D eigenvalue weighted by molar-refractivity contribution is 6.34. The molecule has 3 heteroatoms. The molecule has 126 valence electrons. The molecular weight excluding hydrogens is 337 g/mol. The standard InChI is InChI=1S/C20H19Cl2N.CH4/c1-12-2-3-13-6-14(4-5-19(12)13)20-9-16(11-23-20)15-7-17(21)10-18(22)8-15;/h4-8,10,12,16H,2-3,9,11H2,1H3;1H4. The third kappa shape index (κ3) is 3.25. The zero-order chi connectivity index (χ0) is 16.0. The summed E-state index contributed by atoms with van der Waals surface area (Å²) in [5.74, 6) is 1.08. The SMILES string of the molecule is C.CC1CCc2cc(C3=NCC(c4cc(Cl)cc(Cl)c4)C3)ccc21. The van der Waals surface area contributed by atoms with Crippen molar-refractivity contribution in [1.29, 1.82) is 0 Å². The molecule has 1 heterocycles. The van der Waals surface area contributed by atoms with Crippen LogP contribution in [0.2, 0.25) is 10.0 Å². The molecular formula is C21H23Cl2N. The van der Waals surface area contributed by atoms with Crippen molar-refractivity contribution in [3.63, 3.8) is 0 Å². The van der Waals surface area contributed by atoms with Gasteiger partial charge in [0, 0.05) is 28.2 Å². The molecule has 0 bridgehead atoms. The Hall–Kier alpha value is -1.31. The molecule has 0 saturated carbocycles. The van der Waals surface area contributed by atoms with Crippen LogP contribution in [0.5, 0.6) is 0 Å². The molecule has 2 aromatic rings. The van der Waals surface area contributed by atoms with Gasteiger partial charge in [-0.3, -0.25) is 4.99 Å². The maximum atomic E-state index is 6.14. The first-order valence-corrected chi connectivity index (χ1v) is 8.98. The Balaban J connectivity index is 0.00000169. The molecule has 0 amide bonds. The summed E-state index contributed by atoms with van der Waals surface area (Å²) in [6.07, 6.45) is 3.44. The van der Waals surface area contributed by atoms with Crippen molar-refractivity contribution in [1.82, 2.24) is 0 Å². The van der Waals surface area contributed by atoms with Crippen molar-refractivity contribution < 1.29 is 0 Å². The summed E-state index contributed by atoms with van der Waals surface area (Å²) in [7, 11) is 0. The Morgan fingerprint density at radius 3 is 2.54 bits per heavy atom. The van der Waals surface area contributed by atoms with Crippen molar-refractivity contribution in [2.45, 2.75) is 45.4 Å². The zero-order valence-electron chi connectivity index (χ0n) is 13.2. The summed E-state index contributed by atoms with van der Waals surface area (Å²) in [6.45, 7) is 3.14. The van der Waals surface area contributed by atoms with Gasteiger partial charge in [0.25, 0.3) is 0 Å². The first-order chi connectivity index (χ1) is 11.1. The van der Waals surface area contributed by atoms with Gasteiger partial charge in [0.05, 0.1) is 0 Å². The van der Waals surface area contributed by atoms with E-state index in [0.29, 0.717) is 21.9 Å². The molecule has 0 aromatic heterocycles. The van der Waals surface area contributed by atoms with Gasteiger partial charge in [-0.15, -0.1) is 0 Å². The topological polar surface area (TPSA) is 12.4 Å². The van der Waals surface area contributed by atoms with Crippen molar-refractivity contribution >= 4 is 28.9 Å². The second-order valence-electron chi connectivity index (χ2n) is 6.74. The van der Waals surface area contributed by atoms with Gasteiger partial charge < -0.3 is 0 Å². The largest absolute Gasteiger partial charge is 0.288 e. The normalized spacial score (nSPS) is 22.0. The first kappa shape index (κ1) is 17.5. The van der Waals surface area contributed by atoms with Crippen LogP contribution in [-0.4, -0.2) is 12.3 Å². The molecule has 1 nitrogen and oxygen atoms in total. The van der Waals surface area contributed by atoms with Crippen molar-refractivity contribution in [3.05, 3.63) is 68.7 Å². The van der Waals surface area contributed by atoms with Gasteiger partial charge >= 0.3 is 0 Å². The summed E-state index contributed by atoms with van der Waals surface area (Å²) in [6, 6.07) is 12.7. The molecule has 0 spiro atoms. The molecule has 24 heavy (non-hydrogen) atoms. The Morgan fingerprint density at radius 1 is 1.04 bits per heavy atom. The molecule has 0 fully saturated rings. The van der Waals surface area contributed by atoms with Crippen LogP contribution in [0.3, 0.4) is 0 Å². The van der Waals surface area contributed by atoms with Crippen LogP contribution >= 0.6 is 23.2 Å². The van der Waals surface area contributed by atoms with Crippen LogP contribution in [0.25, 0.3) is 0 Å². The van der Waals surface area contributed by atoms with E-state index >= 15 is 0 Å². The van der Waals surface area contributed by atoms with E-state index in [0.717, 1.165) is 13.0 Å². The third-order valence-electron chi connectivity index (χ3n) is 5.15. The van der Waals surface area contributed by atoms with Crippen LogP contribution in [0, 0.1) is 0 Å². The van der Waals surface area contributed by atoms with Crippen LogP contribution in [0.1, 0.15) is 61.3 Å². The second kappa shape index (κ2) is 6.90. The molecule has 2 aromatic carbocycles. The Morgan fingerprint density at radius 2 is 1.79 bits per heavy atom. The molecule has 1 aliphatic carbocycles. The summed E-state index contributed by atoms with van der Waals surface area (Å²) in [5, 5.41) is 1.40. The molecule has 2 aliphatic rings. The van der Waals surface area contributed by atoms with Gasteiger partial charge in [0.1, 0.15) is 0 Å². The molecule has 0 saturated heterocycles. The number of benzene rings is 2. The van der Waals surface area contributed by atoms with Gasteiger partial charge in [-0.25, -0.2) is 0 Å². The van der Waals surface area contributed by atoms with Crippen LogP contribution < -0.4 is 0 Å². The summed E-state index contributed by atoms with van der Waals surface area (Å²) >= 11 is 12.3. The molecule has 0 N–H and O–H groups in total. The number of aryl methyl sites for hydroxylation is 1. The predicted molar refractivity (Wildman–Crippen MR) is 105 cm³/mol. The Bertz CT molecular complexity index is 774. The molecule has 2 unspecified atom stereocenters. The highest BCUT2D eigenvalue weighted by Gasteiger charge is 2.24. The van der Waals surface area contributed by atoms with Crippen LogP contribution in [-0.2, 0) is 6.42 Å². The summed E-state index contributed by atoms with van der Waals surface area (Å²) in [4.78, 5) is 4.80. The fourth-order valence-electron chi connectivity index (χ4n) is 3.84. The fraction of sp³-hybridized carbons (Fsp3) is 0.381. The maximum absolute atomic E-state index is 6.14. The van der Waals surface area contributed by atoms with Gasteiger partial charge in [-0.2, -0.15) is 0 Å². The zero-order valence-corrected chi connectivity index (χ0v) is 14.7. The van der Waals surface area contributed by atoms with Crippen LogP contribution in [0.4, 0.5) is 0 Å². The lowest BCUT2D eigenvalue weighted by molar-refractivity contribution is 0.747. The number of aliphatic imine (C=N–C) groups is 1. The minimum Gasteiger partial charge on any atom is -0.288 e. The quantitative estimate of drug-likeness (QED) is 0.568. The predicted octanol–water partition coefficient (Wildman–Crippen LogP) is 6.66. The molecule has 0 radical (unpaired) electrons. The van der Waals surface area contributed by atoms with Crippen LogP contribution in [0.15, 0.2) is 41.4 Å². The second-order valence-corrected chi connectivity index (χ2v) is 7.62. The van der Waals surface area contributed by atoms with Crippen molar-refractivity contribution in [2.75, 3.05) is 6.54 Å². The first-order valence-electron chi connectivity index (χ1n) is 8.22. The Kier molecular flexibility index (Phi) is 5.03. The number of nitrogens with zero attached hydrogens (tertiary/aromatic N) is 1.